The van der Waals surface area contributed by atoms with Crippen molar-refractivity contribution < 1.29 is 102 Å². The Kier molecular flexibility index (Phi) is 29.3. The summed E-state index contributed by atoms with van der Waals surface area (Å²) >= 11 is 0. The predicted octanol–water partition coefficient (Wildman–Crippen LogP) is 2.87. The number of aromatic nitrogens is 1. The fourth-order valence-corrected chi connectivity index (χ4v) is 9.96. The number of nitrogens with zero attached hydrogens (tertiary/aromatic N) is 3. The van der Waals surface area contributed by atoms with Gasteiger partial charge in [-0.1, -0.05) is 72.7 Å². The van der Waals surface area contributed by atoms with Gasteiger partial charge in [-0.15, -0.1) is 0 Å². The first kappa shape index (κ1) is 78.0. The number of benzene rings is 1. The van der Waals surface area contributed by atoms with Crippen molar-refractivity contribution in [2.75, 3.05) is 14.1 Å². The second-order valence-electron chi connectivity index (χ2n) is 25.4. The van der Waals surface area contributed by atoms with Crippen molar-refractivity contribution in [1.82, 2.24) is 46.3 Å². The number of hydrogen-bond donors (Lipinski definition) is 12. The standard InChI is InChI=1S/C61H91N9O21/c1-32(2)42(69(13)56(87)48(59(4,5)6)67-55(86)49(70(14)58(90)91-60(7,8)9)61(10,11)35-31-68(12)41-20-16-15-18-34(35)41)30-33(3)50(81)62-36(19-17-21-43(71)72)51(82)63-37(22-26-44(73)74)52(83)64-38(23-27-45(75)76)53(84)65-39(24-28-46(77)78)54(85)66-40(57(88)89)25-29-47(79)80/h15-16,18,20,30-32,36-40,42,48-49H,17,19,21-29H2,1-14H3,(H,62,81)(H,63,82)(H,64,83)(H,65,84)(H,66,85)(H,67,86)(H,71,72)(H,73,74)(H,75,76)(H,77,78)(H,79,80)(H,88,89)/b33-30+/t36-,37-,38-,39-,40-,42+,48+,49+/m0/s1. The number of nitrogens with one attached hydrogen (secondary N) is 6. The molecule has 8 amide bonds. The van der Waals surface area contributed by atoms with Gasteiger partial charge in [-0.2, -0.15) is 0 Å². The van der Waals surface area contributed by atoms with Crippen LogP contribution in [0, 0.1) is 11.3 Å². The summed E-state index contributed by atoms with van der Waals surface area (Å²) in [5.74, 6) is -16.6. The average Bonchev–Trinajstić information content (AvgIpc) is 1.71. The third-order valence-corrected chi connectivity index (χ3v) is 14.9. The minimum Gasteiger partial charge on any atom is -0.481 e. The summed E-state index contributed by atoms with van der Waals surface area (Å²) in [7, 11) is 4.76. The highest BCUT2D eigenvalue weighted by Crippen LogP contribution is 2.37. The molecule has 2 aromatic rings. The van der Waals surface area contributed by atoms with Gasteiger partial charge in [0, 0.05) is 81.3 Å². The highest BCUT2D eigenvalue weighted by Gasteiger charge is 2.47. The van der Waals surface area contributed by atoms with Crippen molar-refractivity contribution in [2.45, 2.75) is 206 Å². The van der Waals surface area contributed by atoms with Gasteiger partial charge < -0.3 is 76.7 Å². The second-order valence-corrected chi connectivity index (χ2v) is 25.4. The van der Waals surface area contributed by atoms with Crippen LogP contribution in [0.4, 0.5) is 4.79 Å². The number of hydrogen-bond acceptors (Lipinski definition) is 15. The van der Waals surface area contributed by atoms with Gasteiger partial charge in [-0.3, -0.25) is 62.4 Å². The van der Waals surface area contributed by atoms with Crippen molar-refractivity contribution in [3.05, 3.63) is 47.7 Å². The van der Waals surface area contributed by atoms with Crippen molar-refractivity contribution in [1.29, 1.82) is 0 Å². The fourth-order valence-electron chi connectivity index (χ4n) is 9.96. The van der Waals surface area contributed by atoms with E-state index in [4.69, 9.17) is 9.84 Å². The van der Waals surface area contributed by atoms with Crippen LogP contribution in [-0.2, 0) is 79.5 Å². The van der Waals surface area contributed by atoms with E-state index in [0.717, 1.165) is 16.5 Å². The van der Waals surface area contributed by atoms with Gasteiger partial charge in [-0.05, 0) is 89.2 Å². The number of carbonyl (C=O) groups is 14. The molecule has 2 rings (SSSR count). The Hall–Kier alpha value is -9.12. The van der Waals surface area contributed by atoms with Gasteiger partial charge >= 0.3 is 41.9 Å². The zero-order chi connectivity index (χ0) is 69.8. The molecule has 0 spiro atoms. The number of aliphatic carboxylic acids is 6. The van der Waals surface area contributed by atoms with E-state index in [0.29, 0.717) is 0 Å². The molecule has 1 heterocycles. The lowest BCUT2D eigenvalue weighted by Crippen LogP contribution is -2.63. The minimum absolute atomic E-state index is 0.0804. The van der Waals surface area contributed by atoms with Gasteiger partial charge in [0.2, 0.25) is 41.4 Å². The largest absolute Gasteiger partial charge is 0.481 e. The summed E-state index contributed by atoms with van der Waals surface area (Å²) in [6.45, 7) is 18.7. The maximum Gasteiger partial charge on any atom is 0.410 e. The van der Waals surface area contributed by atoms with Crippen molar-refractivity contribution in [3.8, 4) is 0 Å². The van der Waals surface area contributed by atoms with Gasteiger partial charge in [0.1, 0.15) is 47.9 Å². The molecular weight excluding hydrogens is 1190 g/mol. The summed E-state index contributed by atoms with van der Waals surface area (Å²) in [5, 5.41) is 71.6. The molecule has 12 N–H and O–H groups in total. The van der Waals surface area contributed by atoms with E-state index in [9.17, 15) is 87.9 Å². The first-order valence-electron chi connectivity index (χ1n) is 29.5. The SMILES string of the molecule is C/C(=C\[C@H](C(C)C)N(C)C(=O)[C@@H](NC(=O)[C@@H](N(C)C(=O)OC(C)(C)C)C(C)(C)c1cn(C)c2ccccc12)C(C)(C)C)C(=O)N[C@@H](CCCC(=O)O)C(=O)N[C@@H](CCC(=O)O)C(=O)N[C@@H](CCC(=O)O)C(=O)N[C@@H](CCC(=O)O)C(=O)N[C@@H](CCC(=O)O)C(=O)O. The van der Waals surface area contributed by atoms with Crippen molar-refractivity contribution >= 4 is 94.2 Å². The van der Waals surface area contributed by atoms with Crippen LogP contribution in [0.2, 0.25) is 0 Å². The maximum absolute atomic E-state index is 15.1. The number of para-hydroxylation sites is 1. The van der Waals surface area contributed by atoms with Crippen LogP contribution in [0.15, 0.2) is 42.1 Å². The quantitative estimate of drug-likeness (QED) is 0.0436. The van der Waals surface area contributed by atoms with Crippen LogP contribution in [0.1, 0.15) is 152 Å². The van der Waals surface area contributed by atoms with E-state index in [2.05, 4.69) is 26.6 Å². The molecule has 0 saturated carbocycles. The molecule has 0 unspecified atom stereocenters. The number of carbonyl (C=O) groups excluding carboxylic acids is 8. The number of carboxylic acid groups (broad SMARTS) is 6. The van der Waals surface area contributed by atoms with Gasteiger partial charge in [0.15, 0.2) is 0 Å². The Labute approximate surface area is 527 Å². The molecule has 0 saturated heterocycles. The van der Waals surface area contributed by atoms with Crippen LogP contribution in [0.25, 0.3) is 10.9 Å². The zero-order valence-electron chi connectivity index (χ0n) is 54.1. The topological polar surface area (TPSA) is 453 Å². The minimum atomic E-state index is -1.93. The molecule has 1 aromatic carbocycles. The molecule has 8 atom stereocenters. The average molecular weight is 1290 g/mol. The molecule has 1 aromatic heterocycles. The molecule has 0 bridgehead atoms. The first-order chi connectivity index (χ1) is 41.9. The van der Waals surface area contributed by atoms with E-state index in [1.54, 1.807) is 55.4 Å². The van der Waals surface area contributed by atoms with Crippen molar-refractivity contribution in [2.24, 2.45) is 18.4 Å². The van der Waals surface area contributed by atoms with Crippen LogP contribution >= 0.6 is 0 Å². The molecule has 0 aliphatic heterocycles. The fraction of sp³-hybridized carbons (Fsp3) is 0.607. The van der Waals surface area contributed by atoms with E-state index >= 15 is 4.79 Å². The first-order valence-corrected chi connectivity index (χ1v) is 29.5. The Morgan fingerprint density at radius 2 is 0.956 bits per heavy atom. The lowest BCUT2D eigenvalue weighted by atomic mass is 9.76. The predicted molar refractivity (Wildman–Crippen MR) is 327 cm³/mol. The van der Waals surface area contributed by atoms with Crippen LogP contribution in [-0.4, -0.2) is 196 Å². The highest BCUT2D eigenvalue weighted by molar-refractivity contribution is 5.99. The molecular formula is C61H91N9O21. The van der Waals surface area contributed by atoms with Gasteiger partial charge in [-0.25, -0.2) is 9.59 Å². The molecule has 0 aliphatic rings. The summed E-state index contributed by atoms with van der Waals surface area (Å²) in [4.78, 5) is 186. The summed E-state index contributed by atoms with van der Waals surface area (Å²) in [5.41, 5.74) is -1.56. The Morgan fingerprint density at radius 1 is 0.549 bits per heavy atom. The molecule has 506 valence electrons. The zero-order valence-corrected chi connectivity index (χ0v) is 54.1. The lowest BCUT2D eigenvalue weighted by molar-refractivity contribution is -0.144. The number of rotatable bonds is 36. The molecule has 0 aliphatic carbocycles. The smallest absolute Gasteiger partial charge is 0.410 e. The van der Waals surface area contributed by atoms with Gasteiger partial charge in [0.05, 0.1) is 6.04 Å². The number of amides is 8. The number of fused-ring (bicyclic) bond motifs is 1. The van der Waals surface area contributed by atoms with E-state index < -0.39 is 218 Å². The Bertz CT molecular complexity index is 3050. The number of ether oxygens (including phenoxy) is 1. The third kappa shape index (κ3) is 24.7. The maximum atomic E-state index is 15.1. The second kappa shape index (κ2) is 34.2. The van der Waals surface area contributed by atoms with E-state index in [1.807, 2.05) is 61.2 Å². The molecule has 0 radical (unpaired) electrons. The molecule has 30 heteroatoms. The third-order valence-electron chi connectivity index (χ3n) is 14.9. The Balaban J connectivity index is 2.61. The number of carboxylic acids is 6. The highest BCUT2D eigenvalue weighted by atomic mass is 16.6. The number of aryl methyl sites for hydroxylation is 1. The summed E-state index contributed by atoms with van der Waals surface area (Å²) < 4.78 is 7.66. The normalized spacial score (nSPS) is 14.6. The summed E-state index contributed by atoms with van der Waals surface area (Å²) in [6, 6.07) is -5.11. The lowest BCUT2D eigenvalue weighted by Gasteiger charge is -2.42. The molecule has 91 heavy (non-hydrogen) atoms. The molecule has 0 fully saturated rings. The monoisotopic (exact) mass is 1290 g/mol. The van der Waals surface area contributed by atoms with Crippen LogP contribution in [0.3, 0.4) is 0 Å². The van der Waals surface area contributed by atoms with E-state index in [-0.39, 0.29) is 12.0 Å². The van der Waals surface area contributed by atoms with Crippen molar-refractivity contribution in [3.63, 3.8) is 0 Å². The van der Waals surface area contributed by atoms with E-state index in [1.165, 1.54) is 36.9 Å². The Morgan fingerprint density at radius 3 is 1.35 bits per heavy atom. The van der Waals surface area contributed by atoms with Crippen LogP contribution < -0.4 is 31.9 Å². The number of likely N-dealkylation sites (N-methyl/N-ethyl adjacent to an activating group) is 2. The van der Waals surface area contributed by atoms with Crippen LogP contribution in [0.5, 0.6) is 0 Å². The van der Waals surface area contributed by atoms with Gasteiger partial charge in [0.25, 0.3) is 0 Å². The summed E-state index contributed by atoms with van der Waals surface area (Å²) in [6.07, 6.45) is -4.62. The molecule has 30 nitrogen and oxygen atoms in total.